The second kappa shape index (κ2) is 3.22. The number of methoxy groups -OCH3 is 1. The molecule has 3 aliphatic rings. The van der Waals surface area contributed by atoms with Gasteiger partial charge >= 0.3 is 5.97 Å². The highest BCUT2D eigenvalue weighted by molar-refractivity contribution is 5.85. The van der Waals surface area contributed by atoms with Gasteiger partial charge < -0.3 is 10.5 Å². The second-order valence-electron chi connectivity index (χ2n) is 4.97. The fraction of sp³-hybridized carbons (Fsp3) is 0.818. The molecule has 3 saturated carbocycles. The third-order valence-corrected chi connectivity index (χ3v) is 4.44. The van der Waals surface area contributed by atoms with E-state index in [0.717, 1.165) is 38.5 Å². The summed E-state index contributed by atoms with van der Waals surface area (Å²) in [4.78, 5) is 11.7. The summed E-state index contributed by atoms with van der Waals surface area (Å²) in [7, 11) is 1.46. The van der Waals surface area contributed by atoms with Crippen molar-refractivity contribution in [3.63, 3.8) is 0 Å². The smallest absolute Gasteiger partial charge is 0.311 e. The number of nitrogens with two attached hydrogens (primary N) is 1. The molecule has 15 heavy (non-hydrogen) atoms. The van der Waals surface area contributed by atoms with Gasteiger partial charge in [0.15, 0.2) is 0 Å². The van der Waals surface area contributed by atoms with Gasteiger partial charge in [0.05, 0.1) is 18.4 Å². The Labute approximate surface area is 89.7 Å². The van der Waals surface area contributed by atoms with E-state index in [1.165, 1.54) is 7.11 Å². The van der Waals surface area contributed by atoms with Crippen molar-refractivity contribution in [3.05, 3.63) is 0 Å². The van der Waals surface area contributed by atoms with Crippen LogP contribution in [0, 0.1) is 16.2 Å². The van der Waals surface area contributed by atoms with Gasteiger partial charge in [0, 0.05) is 5.41 Å². The number of carbonyl (C=O) groups is 1. The van der Waals surface area contributed by atoms with Crippen LogP contribution in [0.3, 0.4) is 0 Å². The Hall–Kier alpha value is -1.06. The van der Waals surface area contributed by atoms with Gasteiger partial charge in [0.1, 0.15) is 0 Å². The lowest BCUT2D eigenvalue weighted by Crippen LogP contribution is -2.51. The number of rotatable bonds is 2. The van der Waals surface area contributed by atoms with Gasteiger partial charge in [-0.1, -0.05) is 0 Å². The van der Waals surface area contributed by atoms with Crippen LogP contribution in [-0.4, -0.2) is 18.9 Å². The molecule has 3 aliphatic carbocycles. The summed E-state index contributed by atoms with van der Waals surface area (Å²) in [5.41, 5.74) is 5.30. The van der Waals surface area contributed by atoms with Crippen molar-refractivity contribution in [1.82, 2.24) is 0 Å². The number of hydrogen-bond donors (Lipinski definition) is 2. The van der Waals surface area contributed by atoms with Crippen LogP contribution >= 0.6 is 0 Å². The Morgan fingerprint density at radius 2 is 1.53 bits per heavy atom. The standard InChI is InChI=1S/C11H18N2O2/c1-15-9(14)11-5-2-10(3-6-11,4-7-11)8(12)13/h2-7H2,1H3,(H3,12,13). The number of amidine groups is 1. The molecule has 0 radical (unpaired) electrons. The Morgan fingerprint density at radius 3 is 1.87 bits per heavy atom. The largest absolute Gasteiger partial charge is 0.469 e. The lowest BCUT2D eigenvalue weighted by molar-refractivity contribution is -0.160. The maximum Gasteiger partial charge on any atom is 0.311 e. The molecule has 0 aromatic carbocycles. The van der Waals surface area contributed by atoms with Crippen molar-refractivity contribution in [3.8, 4) is 0 Å². The highest BCUT2D eigenvalue weighted by Gasteiger charge is 2.54. The highest BCUT2D eigenvalue weighted by atomic mass is 16.5. The molecule has 0 atom stereocenters. The van der Waals surface area contributed by atoms with E-state index in [-0.39, 0.29) is 16.8 Å². The fourth-order valence-electron chi connectivity index (χ4n) is 3.11. The summed E-state index contributed by atoms with van der Waals surface area (Å²) >= 11 is 0. The third-order valence-electron chi connectivity index (χ3n) is 4.44. The Bertz CT molecular complexity index is 287. The summed E-state index contributed by atoms with van der Waals surface area (Å²) in [6.07, 6.45) is 5.12. The van der Waals surface area contributed by atoms with Crippen molar-refractivity contribution in [2.45, 2.75) is 38.5 Å². The lowest BCUT2D eigenvalue weighted by atomic mass is 9.53. The van der Waals surface area contributed by atoms with Crippen molar-refractivity contribution in [1.29, 1.82) is 5.41 Å². The van der Waals surface area contributed by atoms with Gasteiger partial charge in [-0.25, -0.2) is 0 Å². The van der Waals surface area contributed by atoms with E-state index in [9.17, 15) is 4.79 Å². The van der Waals surface area contributed by atoms with Crippen molar-refractivity contribution in [2.75, 3.05) is 7.11 Å². The van der Waals surface area contributed by atoms with Crippen LogP contribution in [0.4, 0.5) is 0 Å². The van der Waals surface area contributed by atoms with Crippen LogP contribution < -0.4 is 5.73 Å². The first kappa shape index (κ1) is 10.5. The van der Waals surface area contributed by atoms with Gasteiger partial charge in [-0.15, -0.1) is 0 Å². The first-order valence-corrected chi connectivity index (χ1v) is 5.48. The molecule has 0 heterocycles. The maximum atomic E-state index is 11.7. The molecule has 0 aromatic rings. The van der Waals surface area contributed by atoms with Crippen LogP contribution in [0.2, 0.25) is 0 Å². The summed E-state index contributed by atoms with van der Waals surface area (Å²) in [5, 5.41) is 7.64. The van der Waals surface area contributed by atoms with E-state index in [1.807, 2.05) is 0 Å². The minimum Gasteiger partial charge on any atom is -0.469 e. The monoisotopic (exact) mass is 210 g/mol. The Balaban J connectivity index is 2.17. The lowest BCUT2D eigenvalue weighted by Gasteiger charge is -2.51. The predicted octanol–water partition coefficient (Wildman–Crippen LogP) is 1.44. The number of nitrogens with one attached hydrogen (secondary N) is 1. The average molecular weight is 210 g/mol. The van der Waals surface area contributed by atoms with Gasteiger partial charge in [-0.3, -0.25) is 10.2 Å². The summed E-state index contributed by atoms with van der Waals surface area (Å²) in [6, 6.07) is 0. The fourth-order valence-corrected chi connectivity index (χ4v) is 3.11. The third kappa shape index (κ3) is 1.34. The van der Waals surface area contributed by atoms with Crippen LogP contribution in [0.15, 0.2) is 0 Å². The molecule has 84 valence electrons. The van der Waals surface area contributed by atoms with E-state index < -0.39 is 0 Å². The molecular formula is C11H18N2O2. The number of carbonyl (C=O) groups excluding carboxylic acids is 1. The Morgan fingerprint density at radius 1 is 1.13 bits per heavy atom. The normalized spacial score (nSPS) is 38.7. The average Bonchev–Trinajstić information content (AvgIpc) is 2.30. The van der Waals surface area contributed by atoms with Crippen LogP contribution in [-0.2, 0) is 9.53 Å². The van der Waals surface area contributed by atoms with Gasteiger partial charge in [-0.05, 0) is 38.5 Å². The predicted molar refractivity (Wildman–Crippen MR) is 56.5 cm³/mol. The molecule has 0 saturated heterocycles. The zero-order chi connectivity index (χ0) is 11.1. The molecule has 0 amide bonds. The number of fused-ring (bicyclic) bond motifs is 3. The van der Waals surface area contributed by atoms with E-state index >= 15 is 0 Å². The zero-order valence-electron chi connectivity index (χ0n) is 9.14. The molecule has 4 nitrogen and oxygen atoms in total. The topological polar surface area (TPSA) is 76.2 Å². The van der Waals surface area contributed by atoms with Crippen molar-refractivity contribution in [2.24, 2.45) is 16.6 Å². The quantitative estimate of drug-likeness (QED) is 0.411. The summed E-state index contributed by atoms with van der Waals surface area (Å²) in [5.74, 6) is 0.236. The molecule has 3 N–H and O–H groups in total. The Kier molecular flexibility index (Phi) is 2.24. The second-order valence-corrected chi connectivity index (χ2v) is 4.97. The molecular weight excluding hydrogens is 192 g/mol. The molecule has 3 fully saturated rings. The van der Waals surface area contributed by atoms with E-state index in [0.29, 0.717) is 5.84 Å². The molecule has 0 aliphatic heterocycles. The summed E-state index contributed by atoms with van der Waals surface area (Å²) in [6.45, 7) is 0. The van der Waals surface area contributed by atoms with Gasteiger partial charge in [0.25, 0.3) is 0 Å². The molecule has 4 heteroatoms. The van der Waals surface area contributed by atoms with Crippen molar-refractivity contribution < 1.29 is 9.53 Å². The summed E-state index contributed by atoms with van der Waals surface area (Å²) < 4.78 is 4.88. The van der Waals surface area contributed by atoms with E-state index in [2.05, 4.69) is 0 Å². The van der Waals surface area contributed by atoms with Crippen LogP contribution in [0.1, 0.15) is 38.5 Å². The number of ether oxygens (including phenoxy) is 1. The number of esters is 1. The van der Waals surface area contributed by atoms with Crippen LogP contribution in [0.5, 0.6) is 0 Å². The minimum atomic E-state index is -0.258. The molecule has 0 spiro atoms. The first-order chi connectivity index (χ1) is 7.05. The van der Waals surface area contributed by atoms with E-state index in [4.69, 9.17) is 15.9 Å². The highest BCUT2D eigenvalue weighted by Crippen LogP contribution is 2.57. The zero-order valence-corrected chi connectivity index (χ0v) is 9.14. The first-order valence-electron chi connectivity index (χ1n) is 5.48. The van der Waals surface area contributed by atoms with E-state index in [1.54, 1.807) is 0 Å². The molecule has 2 bridgehead atoms. The van der Waals surface area contributed by atoms with Crippen molar-refractivity contribution >= 4 is 11.8 Å². The SMILES string of the molecule is COC(=O)C12CCC(C(=N)N)(CC1)CC2. The molecule has 3 rings (SSSR count). The minimum absolute atomic E-state index is 0.0700. The van der Waals surface area contributed by atoms with Gasteiger partial charge in [0.2, 0.25) is 0 Å². The number of hydrogen-bond acceptors (Lipinski definition) is 3. The molecule has 0 unspecified atom stereocenters. The van der Waals surface area contributed by atoms with Gasteiger partial charge in [-0.2, -0.15) is 0 Å². The molecule has 0 aromatic heterocycles. The van der Waals surface area contributed by atoms with Crippen LogP contribution in [0.25, 0.3) is 0 Å². The maximum absolute atomic E-state index is 11.7.